The van der Waals surface area contributed by atoms with Gasteiger partial charge in [-0.2, -0.15) is 0 Å². The highest BCUT2D eigenvalue weighted by Gasteiger charge is 2.48. The number of imidazole rings is 1. The van der Waals surface area contributed by atoms with Gasteiger partial charge in [-0.3, -0.25) is 14.5 Å². The van der Waals surface area contributed by atoms with E-state index in [9.17, 15) is 19.1 Å². The van der Waals surface area contributed by atoms with Crippen LogP contribution in [0, 0.1) is 12.7 Å². The van der Waals surface area contributed by atoms with Gasteiger partial charge in [0.05, 0.1) is 22.6 Å². The van der Waals surface area contributed by atoms with Crippen LogP contribution in [0.2, 0.25) is 0 Å². The molecule has 1 atom stereocenters. The zero-order valence-corrected chi connectivity index (χ0v) is 24.9. The molecule has 6 rings (SSSR count). The first kappa shape index (κ1) is 28.9. The second-order valence-corrected chi connectivity index (χ2v) is 12.0. The van der Waals surface area contributed by atoms with Crippen LogP contribution in [0.3, 0.4) is 0 Å². The number of aromatic nitrogens is 2. The number of aliphatic hydroxyl groups is 1. The van der Waals surface area contributed by atoms with Crippen LogP contribution in [0.1, 0.15) is 54.6 Å². The molecule has 7 nitrogen and oxygen atoms in total. The van der Waals surface area contributed by atoms with Crippen LogP contribution in [0.4, 0.5) is 10.3 Å². The Morgan fingerprint density at radius 2 is 1.70 bits per heavy atom. The molecule has 222 valence electrons. The Kier molecular flexibility index (Phi) is 7.29. The summed E-state index contributed by atoms with van der Waals surface area (Å²) in [5.41, 5.74) is 4.46. The van der Waals surface area contributed by atoms with Crippen molar-refractivity contribution in [3.63, 3.8) is 0 Å². The summed E-state index contributed by atoms with van der Waals surface area (Å²) in [6.45, 7) is 8.52. The number of carbonyl (C=O) groups excluding carboxylic acids is 2. The highest BCUT2D eigenvalue weighted by molar-refractivity contribution is 6.51. The fraction of sp³-hybridized carbons (Fsp3) is 0.194. The van der Waals surface area contributed by atoms with Crippen molar-refractivity contribution in [2.45, 2.75) is 45.8 Å². The zero-order valence-electron chi connectivity index (χ0n) is 24.9. The number of aryl methyl sites for hydroxylation is 1. The van der Waals surface area contributed by atoms with Gasteiger partial charge in [0.2, 0.25) is 5.95 Å². The van der Waals surface area contributed by atoms with Crippen LogP contribution in [0.25, 0.3) is 16.8 Å². The molecular formula is C36H32FN3O4. The maximum absolute atomic E-state index is 14.0. The van der Waals surface area contributed by atoms with Gasteiger partial charge in [-0.05, 0) is 71.0 Å². The summed E-state index contributed by atoms with van der Waals surface area (Å²) in [6, 6.07) is 25.6. The van der Waals surface area contributed by atoms with Gasteiger partial charge in [0, 0.05) is 5.56 Å². The number of aliphatic hydroxyl groups excluding tert-OH is 1. The van der Waals surface area contributed by atoms with E-state index in [0.717, 1.165) is 16.7 Å². The molecule has 4 aromatic carbocycles. The minimum Gasteiger partial charge on any atom is -0.507 e. The van der Waals surface area contributed by atoms with E-state index < -0.39 is 23.5 Å². The summed E-state index contributed by atoms with van der Waals surface area (Å²) in [5, 5.41) is 11.6. The molecule has 1 aliphatic rings. The first-order valence-corrected chi connectivity index (χ1v) is 14.4. The molecule has 8 heteroatoms. The fourth-order valence-electron chi connectivity index (χ4n) is 5.46. The topological polar surface area (TPSA) is 95.5 Å². The Hall–Kier alpha value is -5.24. The number of fused-ring (bicyclic) bond motifs is 1. The van der Waals surface area contributed by atoms with Gasteiger partial charge in [0.15, 0.2) is 0 Å². The summed E-state index contributed by atoms with van der Waals surface area (Å²) in [6.07, 6.45) is 0. The van der Waals surface area contributed by atoms with Crippen LogP contribution in [0.5, 0.6) is 5.75 Å². The van der Waals surface area contributed by atoms with Gasteiger partial charge in [-0.15, -0.1) is 0 Å². The van der Waals surface area contributed by atoms with Crippen molar-refractivity contribution in [2.75, 3.05) is 4.90 Å². The monoisotopic (exact) mass is 589 g/mol. The molecule has 1 unspecified atom stereocenters. The smallest absolute Gasteiger partial charge is 0.302 e. The van der Waals surface area contributed by atoms with E-state index in [2.05, 4.69) is 30.7 Å². The summed E-state index contributed by atoms with van der Waals surface area (Å²) < 4.78 is 20.0. The predicted octanol–water partition coefficient (Wildman–Crippen LogP) is 7.51. The van der Waals surface area contributed by atoms with Gasteiger partial charge < -0.3 is 14.8 Å². The van der Waals surface area contributed by atoms with Crippen LogP contribution >= 0.6 is 0 Å². The van der Waals surface area contributed by atoms with Gasteiger partial charge in [0.1, 0.15) is 23.9 Å². The van der Waals surface area contributed by atoms with Crippen molar-refractivity contribution in [1.29, 1.82) is 0 Å². The number of H-pyrrole nitrogens is 1. The number of Topliss-reactive ketones (excluding diaryl/α,β-unsaturated/α-hetero) is 1. The third-order valence-corrected chi connectivity index (χ3v) is 7.88. The minimum absolute atomic E-state index is 0.0671. The second-order valence-electron chi connectivity index (χ2n) is 12.0. The number of hydrogen-bond donors (Lipinski definition) is 2. The summed E-state index contributed by atoms with van der Waals surface area (Å²) >= 11 is 0. The summed E-state index contributed by atoms with van der Waals surface area (Å²) in [4.78, 5) is 36.0. The normalized spacial score (nSPS) is 16.6. The number of nitrogens with one attached hydrogen (secondary N) is 1. The lowest BCUT2D eigenvalue weighted by atomic mass is 9.85. The lowest BCUT2D eigenvalue weighted by molar-refractivity contribution is -0.132. The molecule has 1 aliphatic heterocycles. The SMILES string of the molecule is Cc1cc(/C(O)=C2\C(=O)C(=O)N(c3nc4ccc(F)cc4[nH]3)C2c2ccc(C(C)(C)C)cc2)ccc1OCc1ccccc1. The molecule has 2 N–H and O–H groups in total. The van der Waals surface area contributed by atoms with Crippen molar-refractivity contribution in [1.82, 2.24) is 9.97 Å². The third-order valence-electron chi connectivity index (χ3n) is 7.88. The molecular weight excluding hydrogens is 557 g/mol. The number of halogens is 1. The van der Waals surface area contributed by atoms with Crippen LogP contribution < -0.4 is 9.64 Å². The number of ketones is 1. The van der Waals surface area contributed by atoms with E-state index in [1.165, 1.54) is 23.1 Å². The molecule has 44 heavy (non-hydrogen) atoms. The first-order valence-electron chi connectivity index (χ1n) is 14.4. The van der Waals surface area contributed by atoms with Crippen LogP contribution in [-0.4, -0.2) is 26.8 Å². The second kappa shape index (κ2) is 11.1. The average Bonchev–Trinajstić information content (AvgIpc) is 3.53. The zero-order chi connectivity index (χ0) is 31.2. The van der Waals surface area contributed by atoms with Crippen LogP contribution in [-0.2, 0) is 21.6 Å². The number of aromatic amines is 1. The molecule has 0 bridgehead atoms. The Bertz CT molecular complexity index is 1920. The maximum atomic E-state index is 14.0. The van der Waals surface area contributed by atoms with Gasteiger partial charge in [-0.25, -0.2) is 9.37 Å². The van der Waals surface area contributed by atoms with Gasteiger partial charge in [-0.1, -0.05) is 75.4 Å². The number of nitrogens with zero attached hydrogens (tertiary/aromatic N) is 2. The summed E-state index contributed by atoms with van der Waals surface area (Å²) in [7, 11) is 0. The third kappa shape index (κ3) is 5.35. The number of carbonyl (C=O) groups is 2. The number of benzene rings is 4. The van der Waals surface area contributed by atoms with E-state index in [0.29, 0.717) is 34.5 Å². The fourth-order valence-corrected chi connectivity index (χ4v) is 5.46. The average molecular weight is 590 g/mol. The largest absolute Gasteiger partial charge is 0.507 e. The van der Waals surface area contributed by atoms with Crippen molar-refractivity contribution in [2.24, 2.45) is 0 Å². The number of ether oxygens (including phenoxy) is 1. The Morgan fingerprint density at radius 1 is 0.977 bits per heavy atom. The van der Waals surface area contributed by atoms with Crippen LogP contribution in [0.15, 0.2) is 96.6 Å². The molecule has 0 saturated carbocycles. The predicted molar refractivity (Wildman–Crippen MR) is 168 cm³/mol. The standard InChI is InChI=1S/C36H32FN3O4/c1-21-18-24(12-17-29(21)44-20-22-8-6-5-7-9-22)32(41)30-31(23-10-13-25(14-11-23)36(2,3)4)40(34(43)33(30)42)35-38-27-16-15-26(37)19-28(27)39-35/h5-19,31,41H,20H2,1-4H3,(H,38,39)/b32-30+. The number of hydrogen-bond acceptors (Lipinski definition) is 5. The molecule has 0 aliphatic carbocycles. The molecule has 1 fully saturated rings. The highest BCUT2D eigenvalue weighted by atomic mass is 19.1. The summed E-state index contributed by atoms with van der Waals surface area (Å²) in [5.74, 6) is -1.75. The van der Waals surface area contributed by atoms with Gasteiger partial charge >= 0.3 is 5.91 Å². The molecule has 0 radical (unpaired) electrons. The number of rotatable bonds is 6. The Labute approximate surface area is 254 Å². The van der Waals surface area contributed by atoms with Crippen molar-refractivity contribution in [3.05, 3.63) is 130 Å². The number of anilines is 1. The van der Waals surface area contributed by atoms with E-state index in [1.807, 2.05) is 61.5 Å². The van der Waals surface area contributed by atoms with E-state index in [4.69, 9.17) is 4.74 Å². The van der Waals surface area contributed by atoms with E-state index in [-0.39, 0.29) is 22.7 Å². The van der Waals surface area contributed by atoms with Crippen molar-refractivity contribution in [3.8, 4) is 5.75 Å². The molecule has 1 saturated heterocycles. The van der Waals surface area contributed by atoms with Gasteiger partial charge in [0.25, 0.3) is 5.78 Å². The molecule has 2 heterocycles. The molecule has 0 spiro atoms. The molecule has 1 aromatic heterocycles. The van der Waals surface area contributed by atoms with E-state index >= 15 is 0 Å². The maximum Gasteiger partial charge on any atom is 0.302 e. The highest BCUT2D eigenvalue weighted by Crippen LogP contribution is 2.42. The number of amides is 1. The lowest BCUT2D eigenvalue weighted by Crippen LogP contribution is -2.30. The van der Waals surface area contributed by atoms with E-state index in [1.54, 1.807) is 18.2 Å². The van der Waals surface area contributed by atoms with Crippen molar-refractivity contribution < 1.29 is 23.8 Å². The Morgan fingerprint density at radius 3 is 2.39 bits per heavy atom. The molecule has 5 aromatic rings. The molecule has 1 amide bonds. The first-order chi connectivity index (χ1) is 21.0. The van der Waals surface area contributed by atoms with Crippen molar-refractivity contribution >= 4 is 34.4 Å². The minimum atomic E-state index is -0.983. The lowest BCUT2D eigenvalue weighted by Gasteiger charge is -2.25. The quantitative estimate of drug-likeness (QED) is 0.121. The Balaban J connectivity index is 1.43.